The largest absolute Gasteiger partial charge is 0.543 e. The van der Waals surface area contributed by atoms with Crippen LogP contribution in [-0.4, -0.2) is 111 Å². The van der Waals surface area contributed by atoms with E-state index in [1.165, 1.54) is 24.3 Å². The molecule has 2 saturated heterocycles. The second-order valence-corrected chi connectivity index (χ2v) is 10.6. The van der Waals surface area contributed by atoms with Crippen molar-refractivity contribution in [3.8, 4) is 0 Å². The maximum Gasteiger partial charge on any atom is 0.276 e. The van der Waals surface area contributed by atoms with E-state index in [-0.39, 0.29) is 52.1 Å². The summed E-state index contributed by atoms with van der Waals surface area (Å²) in [5.41, 5.74) is 5.89. The van der Waals surface area contributed by atoms with Crippen molar-refractivity contribution in [3.63, 3.8) is 0 Å². The number of hydrogen-bond acceptors (Lipinski definition) is 12. The summed E-state index contributed by atoms with van der Waals surface area (Å²) in [5.74, 6) is -2.52. The first kappa shape index (κ1) is 24.4. The Bertz CT molecular complexity index is 1080. The summed E-state index contributed by atoms with van der Waals surface area (Å²) >= 11 is 2.42. The number of carbonyl (C=O) groups is 3. The third-order valence-electron chi connectivity index (χ3n) is 5.96. The van der Waals surface area contributed by atoms with Gasteiger partial charge in [-0.15, -0.1) is 23.1 Å². The quantitative estimate of drug-likeness (QED) is 0.124. The van der Waals surface area contributed by atoms with E-state index in [4.69, 9.17) is 10.6 Å². The Morgan fingerprint density at radius 2 is 2.09 bits per heavy atom. The number of β-lactam (4-membered cyclic amide) rings is 1. The van der Waals surface area contributed by atoms with Gasteiger partial charge in [0.1, 0.15) is 56.1 Å². The molecule has 15 heteroatoms. The minimum atomic E-state index is -1.50. The number of anilines is 1. The number of carbonyl (C=O) groups excluding carboxylic acids is 3. The Hall–Kier alpha value is -2.72. The number of likely N-dealkylation sites (tertiary alicyclic amines) is 1. The number of hydrogen-bond donors (Lipinski definition) is 4. The molecule has 3 aliphatic rings. The first-order valence-electron chi connectivity index (χ1n) is 10.3. The van der Waals surface area contributed by atoms with Crippen molar-refractivity contribution < 1.29 is 39.0 Å². The van der Waals surface area contributed by atoms with Crippen LogP contribution < -0.4 is 16.2 Å². The number of nitrogen functional groups attached to an aromatic ring is 1. The number of likely N-dealkylation sites (N-methyl/N-ethyl adjacent to an activating group) is 1. The van der Waals surface area contributed by atoms with Crippen molar-refractivity contribution in [1.82, 2.24) is 15.2 Å². The van der Waals surface area contributed by atoms with Crippen molar-refractivity contribution in [1.29, 1.82) is 0 Å². The zero-order chi connectivity index (χ0) is 24.8. The van der Waals surface area contributed by atoms with E-state index in [0.717, 1.165) is 16.2 Å². The maximum absolute atomic E-state index is 12.9. The highest BCUT2D eigenvalue weighted by Gasteiger charge is 2.54. The van der Waals surface area contributed by atoms with Crippen molar-refractivity contribution in [2.24, 2.45) is 5.16 Å². The molecular weight excluding hydrogens is 488 g/mol. The van der Waals surface area contributed by atoms with E-state index in [2.05, 4.69) is 15.5 Å². The van der Waals surface area contributed by atoms with Gasteiger partial charge in [-0.3, -0.25) is 14.5 Å². The standard InChI is InChI=1S/C19H24N6O7S2/c1-25(4-10(26)11(27)5-25)3-8-6-33-17-13(16(29)24(17)14(8)18(30)31)22-15(28)12(23-32-2)9-7-34-19(20)21-9/h7,10-11,13,17,26-27H,3-6H2,1-2H3,(H3-,20,21,22,28,30,31)/b23-12-/t10-,11-,13+,17+/m0/s1. The number of carboxylic acid groups (broad SMARTS) is 1. The van der Waals surface area contributed by atoms with Crippen molar-refractivity contribution in [2.45, 2.75) is 23.6 Å². The molecule has 13 nitrogen and oxygen atoms in total. The van der Waals surface area contributed by atoms with E-state index in [1.54, 1.807) is 7.05 Å². The number of quaternary nitrogens is 1. The number of nitrogens with one attached hydrogen (secondary N) is 1. The Morgan fingerprint density at radius 3 is 2.65 bits per heavy atom. The number of nitrogens with zero attached hydrogens (tertiary/aromatic N) is 4. The lowest BCUT2D eigenvalue weighted by Gasteiger charge is -2.51. The summed E-state index contributed by atoms with van der Waals surface area (Å²) in [7, 11) is 3.06. The summed E-state index contributed by atoms with van der Waals surface area (Å²) in [5, 5.41) is 39.2. The monoisotopic (exact) mass is 512 g/mol. The zero-order valence-electron chi connectivity index (χ0n) is 18.3. The number of nitrogens with two attached hydrogens (primary N) is 1. The summed E-state index contributed by atoms with van der Waals surface area (Å²) in [6.07, 6.45) is -1.80. The molecule has 0 saturated carbocycles. The molecule has 4 rings (SSSR count). The van der Waals surface area contributed by atoms with Crippen LogP contribution in [0.2, 0.25) is 0 Å². The molecule has 2 amide bonds. The Balaban J connectivity index is 1.52. The van der Waals surface area contributed by atoms with Gasteiger partial charge in [0, 0.05) is 16.7 Å². The van der Waals surface area contributed by atoms with Gasteiger partial charge in [-0.25, -0.2) is 4.98 Å². The van der Waals surface area contributed by atoms with Crippen LogP contribution in [0, 0.1) is 0 Å². The molecule has 0 aromatic carbocycles. The lowest BCUT2D eigenvalue weighted by Crippen LogP contribution is -2.71. The highest BCUT2D eigenvalue weighted by atomic mass is 32.2. The minimum Gasteiger partial charge on any atom is -0.543 e. The molecule has 0 spiro atoms. The van der Waals surface area contributed by atoms with Crippen LogP contribution in [-0.2, 0) is 19.2 Å². The van der Waals surface area contributed by atoms with Gasteiger partial charge in [-0.05, 0) is 0 Å². The van der Waals surface area contributed by atoms with E-state index >= 15 is 0 Å². The number of amides is 2. The van der Waals surface area contributed by atoms with Gasteiger partial charge in [0.15, 0.2) is 10.8 Å². The summed E-state index contributed by atoms with van der Waals surface area (Å²) in [6.45, 7) is 0.747. The molecule has 5 N–H and O–H groups in total. The second kappa shape index (κ2) is 9.14. The van der Waals surface area contributed by atoms with Crippen LogP contribution in [0.25, 0.3) is 0 Å². The molecule has 4 heterocycles. The van der Waals surface area contributed by atoms with Gasteiger partial charge in [-0.2, -0.15) is 0 Å². The smallest absolute Gasteiger partial charge is 0.276 e. The normalized spacial score (nSPS) is 28.4. The number of rotatable bonds is 7. The van der Waals surface area contributed by atoms with Crippen molar-refractivity contribution in [3.05, 3.63) is 22.3 Å². The second-order valence-electron chi connectivity index (χ2n) is 8.57. The van der Waals surface area contributed by atoms with Crippen LogP contribution in [0.3, 0.4) is 0 Å². The number of aromatic nitrogens is 1. The van der Waals surface area contributed by atoms with Crippen LogP contribution in [0.4, 0.5) is 5.13 Å². The predicted molar refractivity (Wildman–Crippen MR) is 120 cm³/mol. The molecule has 0 bridgehead atoms. The highest BCUT2D eigenvalue weighted by Crippen LogP contribution is 2.41. The molecular formula is C19H24N6O7S2. The number of aliphatic carboxylic acids is 1. The van der Waals surface area contributed by atoms with Gasteiger partial charge in [0.05, 0.1) is 18.7 Å². The number of aliphatic hydroxyl groups is 2. The number of oxime groups is 1. The molecule has 3 aliphatic heterocycles. The fraction of sp³-hybridized carbons (Fsp3) is 0.526. The van der Waals surface area contributed by atoms with Gasteiger partial charge in [0.25, 0.3) is 11.8 Å². The Kier molecular flexibility index (Phi) is 6.56. The van der Waals surface area contributed by atoms with E-state index in [9.17, 15) is 29.7 Å². The SMILES string of the molecule is CO/N=C(\C(=O)N[C@@H]1C(=O)N2C(C(=O)[O-])=C(C[N+]3(C)C[C@H](O)[C@@H](O)C3)CS[C@H]12)c1csc(N)n1. The summed E-state index contributed by atoms with van der Waals surface area (Å²) < 4.78 is 0.232. The van der Waals surface area contributed by atoms with Gasteiger partial charge in [0.2, 0.25) is 0 Å². The van der Waals surface area contributed by atoms with Crippen molar-refractivity contribution in [2.75, 3.05) is 45.3 Å². The molecule has 0 unspecified atom stereocenters. The molecule has 1 aromatic rings. The predicted octanol–water partition coefficient (Wildman–Crippen LogP) is -3.34. The Labute approximate surface area is 202 Å². The third-order valence-corrected chi connectivity index (χ3v) is 7.98. The summed E-state index contributed by atoms with van der Waals surface area (Å²) in [4.78, 5) is 47.6. The molecule has 2 fully saturated rings. The number of thioether (sulfide) groups is 1. The molecule has 4 atom stereocenters. The molecule has 34 heavy (non-hydrogen) atoms. The molecule has 184 valence electrons. The molecule has 0 radical (unpaired) electrons. The van der Waals surface area contributed by atoms with Gasteiger partial charge < -0.3 is 40.5 Å². The average Bonchev–Trinajstić information content (AvgIpc) is 3.30. The lowest BCUT2D eigenvalue weighted by atomic mass is 10.0. The third kappa shape index (κ3) is 4.36. The first-order chi connectivity index (χ1) is 16.0. The highest BCUT2D eigenvalue weighted by molar-refractivity contribution is 8.00. The number of aliphatic hydroxyl groups excluding tert-OH is 2. The molecule has 1 aromatic heterocycles. The Morgan fingerprint density at radius 1 is 1.41 bits per heavy atom. The van der Waals surface area contributed by atoms with Crippen LogP contribution in [0.1, 0.15) is 5.69 Å². The number of fused-ring (bicyclic) bond motifs is 1. The maximum atomic E-state index is 12.9. The average molecular weight is 513 g/mol. The van der Waals surface area contributed by atoms with Crippen LogP contribution >= 0.6 is 23.1 Å². The fourth-order valence-corrected chi connectivity index (χ4v) is 6.39. The minimum absolute atomic E-state index is 0.164. The van der Waals surface area contributed by atoms with Gasteiger partial charge in [-0.1, -0.05) is 5.16 Å². The number of thiazole rings is 1. The van der Waals surface area contributed by atoms with E-state index in [0.29, 0.717) is 5.57 Å². The zero-order valence-corrected chi connectivity index (χ0v) is 20.0. The summed E-state index contributed by atoms with van der Waals surface area (Å²) in [6, 6.07) is -0.980. The molecule has 0 aliphatic carbocycles. The van der Waals surface area contributed by atoms with E-state index < -0.39 is 41.4 Å². The van der Waals surface area contributed by atoms with Crippen LogP contribution in [0.15, 0.2) is 21.8 Å². The van der Waals surface area contributed by atoms with Crippen LogP contribution in [0.5, 0.6) is 0 Å². The first-order valence-corrected chi connectivity index (χ1v) is 12.2. The fourth-order valence-electron chi connectivity index (χ4n) is 4.51. The van der Waals surface area contributed by atoms with E-state index in [1.807, 2.05) is 0 Å². The number of carboxylic acids is 1. The topological polar surface area (TPSA) is 190 Å². The van der Waals surface area contributed by atoms with Crippen molar-refractivity contribution >= 4 is 51.7 Å². The van der Waals surface area contributed by atoms with Gasteiger partial charge >= 0.3 is 0 Å². The lowest BCUT2D eigenvalue weighted by molar-refractivity contribution is -0.895.